The number of benzene rings is 2. The highest BCUT2D eigenvalue weighted by Gasteiger charge is 2.27. The van der Waals surface area contributed by atoms with Gasteiger partial charge in [-0.1, -0.05) is 46.3 Å². The van der Waals surface area contributed by atoms with Gasteiger partial charge in [-0.05, 0) is 36.8 Å². The summed E-state index contributed by atoms with van der Waals surface area (Å²) < 4.78 is 36.3. The summed E-state index contributed by atoms with van der Waals surface area (Å²) >= 11 is 15.6. The number of halogens is 2. The molecule has 2 heterocycles. The summed E-state index contributed by atoms with van der Waals surface area (Å²) in [5.41, 5.74) is 1.96. The summed E-state index contributed by atoms with van der Waals surface area (Å²) in [5, 5.41) is 3.28. The van der Waals surface area contributed by atoms with Crippen molar-refractivity contribution in [3.63, 3.8) is 0 Å². The molecular formula is C19H16Cl2N2O3S3. The summed E-state index contributed by atoms with van der Waals surface area (Å²) in [5.74, 6) is -0.396. The molecule has 3 aromatic rings. The van der Waals surface area contributed by atoms with Gasteiger partial charge in [-0.2, -0.15) is 4.57 Å². The van der Waals surface area contributed by atoms with E-state index in [1.165, 1.54) is 0 Å². The van der Waals surface area contributed by atoms with Gasteiger partial charge in [-0.15, -0.1) is 0 Å². The maximum Gasteiger partial charge on any atom is 0.265 e. The van der Waals surface area contributed by atoms with Crippen LogP contribution in [0.2, 0.25) is 10.0 Å². The van der Waals surface area contributed by atoms with Crippen molar-refractivity contribution >= 4 is 78.4 Å². The molecule has 0 aliphatic carbocycles. The molecule has 152 valence electrons. The van der Waals surface area contributed by atoms with Crippen LogP contribution in [0, 0.1) is 0 Å². The Kier molecular flexibility index (Phi) is 5.85. The van der Waals surface area contributed by atoms with E-state index >= 15 is 0 Å². The lowest BCUT2D eigenvalue weighted by Gasteiger charge is -2.20. The molecule has 1 aliphatic rings. The van der Waals surface area contributed by atoms with Gasteiger partial charge >= 0.3 is 0 Å². The van der Waals surface area contributed by atoms with Crippen LogP contribution in [-0.4, -0.2) is 25.3 Å². The maximum atomic E-state index is 11.0. The van der Waals surface area contributed by atoms with Crippen LogP contribution in [0.4, 0.5) is 5.69 Å². The lowest BCUT2D eigenvalue weighted by atomic mass is 10.2. The van der Waals surface area contributed by atoms with E-state index in [9.17, 15) is 13.0 Å². The number of fused-ring (bicyclic) bond motifs is 2. The van der Waals surface area contributed by atoms with Crippen LogP contribution >= 0.6 is 46.3 Å². The molecule has 0 amide bonds. The molecule has 0 fully saturated rings. The van der Waals surface area contributed by atoms with E-state index in [2.05, 4.69) is 10.6 Å². The van der Waals surface area contributed by atoms with Gasteiger partial charge in [0, 0.05) is 33.3 Å². The molecule has 29 heavy (non-hydrogen) atoms. The second-order valence-corrected chi connectivity index (χ2v) is 11.1. The third-order valence-corrected chi connectivity index (χ3v) is 8.08. The quantitative estimate of drug-likeness (QED) is 0.379. The van der Waals surface area contributed by atoms with Crippen LogP contribution in [0.25, 0.3) is 16.3 Å². The molecule has 0 atom stereocenters. The highest BCUT2D eigenvalue weighted by molar-refractivity contribution is 8.03. The van der Waals surface area contributed by atoms with Gasteiger partial charge < -0.3 is 9.45 Å². The smallest absolute Gasteiger partial charge is 0.265 e. The monoisotopic (exact) mass is 486 g/mol. The van der Waals surface area contributed by atoms with E-state index in [0.717, 1.165) is 30.8 Å². The second-order valence-electron chi connectivity index (χ2n) is 6.58. The second kappa shape index (κ2) is 8.09. The first kappa shape index (κ1) is 21.0. The van der Waals surface area contributed by atoms with Gasteiger partial charge in [0.1, 0.15) is 11.7 Å². The van der Waals surface area contributed by atoms with E-state index in [-0.39, 0.29) is 6.42 Å². The zero-order valence-electron chi connectivity index (χ0n) is 15.3. The first-order valence-corrected chi connectivity index (χ1v) is 12.7. The fourth-order valence-electron chi connectivity index (χ4n) is 3.18. The highest BCUT2D eigenvalue weighted by Crippen LogP contribution is 2.47. The molecule has 0 N–H and O–H groups in total. The molecule has 4 rings (SSSR count). The van der Waals surface area contributed by atoms with Crippen molar-refractivity contribution in [1.29, 1.82) is 0 Å². The molecule has 0 saturated carbocycles. The van der Waals surface area contributed by atoms with Crippen LogP contribution in [0.1, 0.15) is 11.4 Å². The number of aromatic nitrogens is 1. The topological polar surface area (TPSA) is 64.3 Å². The van der Waals surface area contributed by atoms with Gasteiger partial charge in [0.15, 0.2) is 0 Å². The first-order valence-electron chi connectivity index (χ1n) is 8.69. The lowest BCUT2D eigenvalue weighted by Crippen LogP contribution is -2.29. The number of hydrogen-bond acceptors (Lipinski definition) is 6. The zero-order valence-corrected chi connectivity index (χ0v) is 19.2. The third-order valence-electron chi connectivity index (χ3n) is 4.54. The van der Waals surface area contributed by atoms with Crippen molar-refractivity contribution in [2.45, 2.75) is 11.3 Å². The Morgan fingerprint density at radius 1 is 1.17 bits per heavy atom. The normalized spacial score (nSPS) is 15.4. The summed E-state index contributed by atoms with van der Waals surface area (Å²) in [6, 6.07) is 11.4. The Balaban J connectivity index is 1.72. The molecule has 5 nitrogen and oxygen atoms in total. The molecule has 0 radical (unpaired) electrons. The van der Waals surface area contributed by atoms with Crippen molar-refractivity contribution < 1.29 is 17.5 Å². The van der Waals surface area contributed by atoms with Crippen LogP contribution in [0.5, 0.6) is 0 Å². The van der Waals surface area contributed by atoms with Gasteiger partial charge in [-0.3, -0.25) is 0 Å². The average molecular weight is 487 g/mol. The third kappa shape index (κ3) is 4.57. The fraction of sp³-hybridized carbons (Fsp3) is 0.211. The largest absolute Gasteiger partial charge is 0.748 e. The number of thioether (sulfide) groups is 1. The average Bonchev–Trinajstić information content (AvgIpc) is 3.12. The number of aryl methyl sites for hydroxylation is 1. The van der Waals surface area contributed by atoms with Gasteiger partial charge in [-0.25, -0.2) is 8.42 Å². The minimum absolute atomic E-state index is 0.240. The Morgan fingerprint density at radius 2 is 1.90 bits per heavy atom. The molecule has 10 heteroatoms. The van der Waals surface area contributed by atoms with Crippen LogP contribution in [0.3, 0.4) is 0 Å². The van der Waals surface area contributed by atoms with E-state index in [1.807, 2.05) is 48.3 Å². The van der Waals surface area contributed by atoms with E-state index in [0.29, 0.717) is 16.6 Å². The Bertz CT molecular complexity index is 1240. The SMILES string of the molecule is C[n+]1c(/C=C2\Sc3ccc(Cl)cc3N2CCCS(=O)(=O)[O-])sc2ccc(Cl)cc21. The molecule has 0 bridgehead atoms. The van der Waals surface area contributed by atoms with Crippen molar-refractivity contribution in [1.82, 2.24) is 0 Å². The van der Waals surface area contributed by atoms with Crippen LogP contribution in [-0.2, 0) is 17.2 Å². The molecule has 0 spiro atoms. The minimum atomic E-state index is -4.25. The summed E-state index contributed by atoms with van der Waals surface area (Å²) in [6.07, 6.45) is 2.31. The van der Waals surface area contributed by atoms with Crippen molar-refractivity contribution in [2.24, 2.45) is 7.05 Å². The van der Waals surface area contributed by atoms with Gasteiger partial charge in [0.05, 0.1) is 26.9 Å². The van der Waals surface area contributed by atoms with E-state index < -0.39 is 15.9 Å². The predicted octanol–water partition coefficient (Wildman–Crippen LogP) is 4.88. The highest BCUT2D eigenvalue weighted by atomic mass is 35.5. The number of thiazole rings is 1. The first-order chi connectivity index (χ1) is 13.7. The Morgan fingerprint density at radius 3 is 2.66 bits per heavy atom. The van der Waals surface area contributed by atoms with E-state index in [1.54, 1.807) is 23.1 Å². The van der Waals surface area contributed by atoms with E-state index in [4.69, 9.17) is 23.2 Å². The Hall–Kier alpha value is -1.29. The molecule has 1 aliphatic heterocycles. The standard InChI is InChI=1S/C19H16Cl2N2O3S3/c1-22-14-9-12(20)3-5-16(14)27-18(22)11-19-23(7-2-8-29(24,25)26)15-10-13(21)4-6-17(15)28-19/h3-6,9-11H,2,7-8H2,1H3. The molecule has 1 aromatic heterocycles. The summed E-state index contributed by atoms with van der Waals surface area (Å²) in [7, 11) is -2.26. The number of rotatable bonds is 5. The number of anilines is 1. The number of hydrogen-bond donors (Lipinski definition) is 0. The maximum absolute atomic E-state index is 11.0. The zero-order chi connectivity index (χ0) is 20.8. The van der Waals surface area contributed by atoms with Gasteiger partial charge in [0.25, 0.3) is 5.01 Å². The molecule has 0 saturated heterocycles. The van der Waals surface area contributed by atoms with Crippen LogP contribution in [0.15, 0.2) is 46.3 Å². The number of nitrogens with zero attached hydrogens (tertiary/aromatic N) is 2. The van der Waals surface area contributed by atoms with Crippen molar-refractivity contribution in [3.8, 4) is 0 Å². The van der Waals surface area contributed by atoms with Crippen molar-refractivity contribution in [3.05, 3.63) is 56.5 Å². The fourth-order valence-corrected chi connectivity index (χ4v) is 6.25. The summed E-state index contributed by atoms with van der Waals surface area (Å²) in [4.78, 5) is 3.06. The van der Waals surface area contributed by atoms with Gasteiger partial charge in [0.2, 0.25) is 5.52 Å². The predicted molar refractivity (Wildman–Crippen MR) is 120 cm³/mol. The lowest BCUT2D eigenvalue weighted by molar-refractivity contribution is -0.642. The minimum Gasteiger partial charge on any atom is -0.748 e. The molecular weight excluding hydrogens is 471 g/mol. The van der Waals surface area contributed by atoms with Crippen LogP contribution < -0.4 is 9.47 Å². The molecule has 0 unspecified atom stereocenters. The molecule has 2 aromatic carbocycles. The van der Waals surface area contributed by atoms with Crippen molar-refractivity contribution in [2.75, 3.05) is 17.2 Å². The Labute approximate surface area is 187 Å². The summed E-state index contributed by atoms with van der Waals surface area (Å²) in [6.45, 7) is 0.411.